The van der Waals surface area contributed by atoms with E-state index in [1.54, 1.807) is 11.3 Å². The van der Waals surface area contributed by atoms with Crippen molar-refractivity contribution in [2.45, 2.75) is 64.3 Å². The second kappa shape index (κ2) is 7.25. The van der Waals surface area contributed by atoms with Crippen LogP contribution < -0.4 is 5.73 Å². The zero-order chi connectivity index (χ0) is 12.8. The fourth-order valence-corrected chi connectivity index (χ4v) is 3.81. The Morgan fingerprint density at radius 3 is 2.78 bits per heavy atom. The molecule has 0 saturated heterocycles. The molecule has 102 valence electrons. The molecule has 1 aromatic heterocycles. The first-order valence-electron chi connectivity index (χ1n) is 7.43. The Kier molecular flexibility index (Phi) is 5.64. The summed E-state index contributed by atoms with van der Waals surface area (Å²) in [6, 6.07) is 0.322. The summed E-state index contributed by atoms with van der Waals surface area (Å²) < 4.78 is 0. The van der Waals surface area contributed by atoms with Crippen LogP contribution in [0.25, 0.3) is 0 Å². The van der Waals surface area contributed by atoms with E-state index in [4.69, 9.17) is 5.73 Å². The van der Waals surface area contributed by atoms with Gasteiger partial charge in [0.25, 0.3) is 0 Å². The zero-order valence-corrected chi connectivity index (χ0v) is 12.3. The molecule has 0 aliphatic heterocycles. The first kappa shape index (κ1) is 14.0. The van der Waals surface area contributed by atoms with Crippen molar-refractivity contribution in [1.82, 2.24) is 4.98 Å². The predicted octanol–water partition coefficient (Wildman–Crippen LogP) is 4.01. The highest BCUT2D eigenvalue weighted by Crippen LogP contribution is 2.33. The van der Waals surface area contributed by atoms with Gasteiger partial charge in [0.15, 0.2) is 0 Å². The maximum atomic E-state index is 6.35. The Morgan fingerprint density at radius 2 is 2.17 bits per heavy atom. The van der Waals surface area contributed by atoms with Crippen molar-refractivity contribution in [1.29, 1.82) is 0 Å². The molecule has 0 radical (unpaired) electrons. The van der Waals surface area contributed by atoms with Gasteiger partial charge < -0.3 is 5.73 Å². The summed E-state index contributed by atoms with van der Waals surface area (Å²) in [5.41, 5.74) is 6.35. The van der Waals surface area contributed by atoms with Crippen molar-refractivity contribution < 1.29 is 0 Å². The van der Waals surface area contributed by atoms with E-state index >= 15 is 0 Å². The van der Waals surface area contributed by atoms with Gasteiger partial charge in [-0.1, -0.05) is 39.0 Å². The number of nitrogens with two attached hydrogens (primary N) is 1. The highest BCUT2D eigenvalue weighted by Gasteiger charge is 2.25. The van der Waals surface area contributed by atoms with Crippen LogP contribution in [0.4, 0.5) is 0 Å². The van der Waals surface area contributed by atoms with Crippen molar-refractivity contribution >= 4 is 11.3 Å². The molecule has 1 aliphatic carbocycles. The van der Waals surface area contributed by atoms with Crippen LogP contribution in [0.1, 0.15) is 56.9 Å². The summed E-state index contributed by atoms with van der Waals surface area (Å²) in [6.07, 6.45) is 12.5. The van der Waals surface area contributed by atoms with E-state index in [1.165, 1.54) is 50.0 Å². The molecule has 1 aliphatic rings. The third-order valence-corrected chi connectivity index (χ3v) is 5.16. The smallest absolute Gasteiger partial charge is 0.0940 e. The molecule has 1 atom stereocenters. The van der Waals surface area contributed by atoms with Crippen LogP contribution in [0.2, 0.25) is 0 Å². The number of rotatable bonds is 6. The molecule has 3 heteroatoms. The Hall–Kier alpha value is -0.410. The number of thiazole rings is 1. The van der Waals surface area contributed by atoms with Crippen molar-refractivity contribution in [3.05, 3.63) is 16.6 Å². The van der Waals surface area contributed by atoms with Crippen LogP contribution in [0, 0.1) is 11.8 Å². The molecule has 0 spiro atoms. The second-order valence-electron chi connectivity index (χ2n) is 5.72. The fourth-order valence-electron chi connectivity index (χ4n) is 3.12. The van der Waals surface area contributed by atoms with Crippen molar-refractivity contribution in [2.24, 2.45) is 17.6 Å². The summed E-state index contributed by atoms with van der Waals surface area (Å²) in [6.45, 7) is 2.29. The van der Waals surface area contributed by atoms with Gasteiger partial charge in [-0.05, 0) is 24.7 Å². The average Bonchev–Trinajstić information content (AvgIpc) is 2.89. The summed E-state index contributed by atoms with van der Waals surface area (Å²) in [5.74, 6) is 1.71. The molecule has 2 nitrogen and oxygen atoms in total. The lowest BCUT2D eigenvalue weighted by atomic mass is 9.76. The lowest BCUT2D eigenvalue weighted by Gasteiger charge is -2.32. The fraction of sp³-hybridized carbons (Fsp3) is 0.800. The first-order chi connectivity index (χ1) is 8.79. The Bertz CT molecular complexity index is 315. The summed E-state index contributed by atoms with van der Waals surface area (Å²) in [5, 5.41) is 3.25. The van der Waals surface area contributed by atoms with Gasteiger partial charge in [-0.3, -0.25) is 0 Å². The first-order valence-corrected chi connectivity index (χ1v) is 8.31. The molecule has 1 unspecified atom stereocenters. The van der Waals surface area contributed by atoms with Gasteiger partial charge in [-0.25, -0.2) is 4.98 Å². The molecular formula is C15H26N2S. The maximum Gasteiger partial charge on any atom is 0.0940 e. The van der Waals surface area contributed by atoms with Gasteiger partial charge in [0.2, 0.25) is 0 Å². The highest BCUT2D eigenvalue weighted by atomic mass is 32.1. The molecule has 2 N–H and O–H groups in total. The Morgan fingerprint density at radius 1 is 1.39 bits per heavy atom. The molecule has 0 amide bonds. The van der Waals surface area contributed by atoms with Crippen LogP contribution >= 0.6 is 11.3 Å². The molecule has 2 rings (SSSR count). The van der Waals surface area contributed by atoms with E-state index < -0.39 is 0 Å². The third kappa shape index (κ3) is 4.06. The largest absolute Gasteiger partial charge is 0.327 e. The van der Waals surface area contributed by atoms with Crippen LogP contribution in [-0.2, 0) is 6.42 Å². The molecule has 1 aromatic rings. The van der Waals surface area contributed by atoms with Crippen LogP contribution in [0.5, 0.6) is 0 Å². The van der Waals surface area contributed by atoms with Crippen molar-refractivity contribution in [2.75, 3.05) is 0 Å². The quantitative estimate of drug-likeness (QED) is 0.845. The van der Waals surface area contributed by atoms with Crippen LogP contribution in [0.3, 0.4) is 0 Å². The SMILES string of the molecule is CCCCC1CCC(C(N)Cc2nccs2)CC1. The lowest BCUT2D eigenvalue weighted by Crippen LogP contribution is -2.34. The number of unbranched alkanes of at least 4 members (excludes halogenated alkanes) is 1. The normalized spacial score (nSPS) is 26.1. The predicted molar refractivity (Wildman–Crippen MR) is 78.8 cm³/mol. The Balaban J connectivity index is 1.72. The summed E-state index contributed by atoms with van der Waals surface area (Å²) >= 11 is 1.74. The minimum Gasteiger partial charge on any atom is -0.327 e. The lowest BCUT2D eigenvalue weighted by molar-refractivity contribution is 0.230. The molecule has 1 fully saturated rings. The van der Waals surface area contributed by atoms with Crippen molar-refractivity contribution in [3.8, 4) is 0 Å². The number of aromatic nitrogens is 1. The number of nitrogens with zero attached hydrogens (tertiary/aromatic N) is 1. The Labute approximate surface area is 115 Å². The maximum absolute atomic E-state index is 6.35. The molecule has 18 heavy (non-hydrogen) atoms. The summed E-state index contributed by atoms with van der Waals surface area (Å²) in [7, 11) is 0. The van der Waals surface area contributed by atoms with Gasteiger partial charge in [-0.15, -0.1) is 11.3 Å². The van der Waals surface area contributed by atoms with Crippen LogP contribution in [-0.4, -0.2) is 11.0 Å². The van der Waals surface area contributed by atoms with E-state index in [-0.39, 0.29) is 0 Å². The van der Waals surface area contributed by atoms with Gasteiger partial charge >= 0.3 is 0 Å². The minimum atomic E-state index is 0.322. The molecule has 1 saturated carbocycles. The van der Waals surface area contributed by atoms with E-state index in [2.05, 4.69) is 11.9 Å². The van der Waals surface area contributed by atoms with Gasteiger partial charge in [-0.2, -0.15) is 0 Å². The average molecular weight is 266 g/mol. The van der Waals surface area contributed by atoms with Crippen LogP contribution in [0.15, 0.2) is 11.6 Å². The zero-order valence-electron chi connectivity index (χ0n) is 11.5. The monoisotopic (exact) mass is 266 g/mol. The molecule has 1 heterocycles. The van der Waals surface area contributed by atoms with E-state index in [0.29, 0.717) is 6.04 Å². The summed E-state index contributed by atoms with van der Waals surface area (Å²) in [4.78, 5) is 4.35. The van der Waals surface area contributed by atoms with E-state index in [0.717, 1.165) is 18.3 Å². The minimum absolute atomic E-state index is 0.322. The third-order valence-electron chi connectivity index (χ3n) is 4.36. The van der Waals surface area contributed by atoms with Gasteiger partial charge in [0, 0.05) is 24.0 Å². The highest BCUT2D eigenvalue weighted by molar-refractivity contribution is 7.09. The molecule has 0 bridgehead atoms. The van der Waals surface area contributed by atoms with Gasteiger partial charge in [0.1, 0.15) is 0 Å². The van der Waals surface area contributed by atoms with E-state index in [1.807, 2.05) is 11.6 Å². The molecular weight excluding hydrogens is 240 g/mol. The topological polar surface area (TPSA) is 38.9 Å². The standard InChI is InChI=1S/C15H26N2S/c1-2-3-4-12-5-7-13(8-6-12)14(16)11-15-17-9-10-18-15/h9-10,12-14H,2-8,11,16H2,1H3. The molecule has 0 aromatic carbocycles. The van der Waals surface area contributed by atoms with Gasteiger partial charge in [0.05, 0.1) is 5.01 Å². The van der Waals surface area contributed by atoms with E-state index in [9.17, 15) is 0 Å². The second-order valence-corrected chi connectivity index (χ2v) is 6.70. The van der Waals surface area contributed by atoms with Crippen molar-refractivity contribution in [3.63, 3.8) is 0 Å². The number of hydrogen-bond donors (Lipinski definition) is 1. The number of hydrogen-bond acceptors (Lipinski definition) is 3.